The molecule has 2 rings (SSSR count). The molecule has 1 aliphatic rings. The van der Waals surface area contributed by atoms with E-state index in [9.17, 15) is 4.39 Å². The van der Waals surface area contributed by atoms with Gasteiger partial charge in [-0.3, -0.25) is 0 Å². The second-order valence-corrected chi connectivity index (χ2v) is 4.78. The molecule has 1 aliphatic heterocycles. The van der Waals surface area contributed by atoms with Crippen LogP contribution in [0.3, 0.4) is 0 Å². The quantitative estimate of drug-likeness (QED) is 0.845. The molecule has 0 bridgehead atoms. The topological polar surface area (TPSA) is 15.3 Å². The van der Waals surface area contributed by atoms with E-state index in [1.54, 1.807) is 12.1 Å². The Balaban J connectivity index is 1.74. The summed E-state index contributed by atoms with van der Waals surface area (Å²) in [6, 6.07) is 7.04. The summed E-state index contributed by atoms with van der Waals surface area (Å²) in [6.45, 7) is 6.61. The number of halogens is 1. The number of hydrogen-bond donors (Lipinski definition) is 1. The van der Waals surface area contributed by atoms with Crippen LogP contribution in [0, 0.1) is 5.82 Å². The average molecular weight is 236 g/mol. The van der Waals surface area contributed by atoms with Crippen molar-refractivity contribution in [2.24, 2.45) is 0 Å². The summed E-state index contributed by atoms with van der Waals surface area (Å²) >= 11 is 0. The molecule has 2 nitrogen and oxygen atoms in total. The Morgan fingerprint density at radius 2 is 2.12 bits per heavy atom. The minimum absolute atomic E-state index is 0.157. The SMILES string of the molecule is C[C@@H](NCCN1CCCC1)c1cccc(F)c1. The van der Waals surface area contributed by atoms with Gasteiger partial charge in [-0.2, -0.15) is 0 Å². The van der Waals surface area contributed by atoms with Gasteiger partial charge in [-0.1, -0.05) is 12.1 Å². The van der Waals surface area contributed by atoms with Crippen LogP contribution in [0.5, 0.6) is 0 Å². The third kappa shape index (κ3) is 3.79. The molecule has 1 atom stereocenters. The maximum Gasteiger partial charge on any atom is 0.123 e. The third-order valence-corrected chi connectivity index (χ3v) is 3.43. The fourth-order valence-corrected chi connectivity index (χ4v) is 2.34. The molecule has 1 aromatic rings. The van der Waals surface area contributed by atoms with Crippen molar-refractivity contribution in [1.29, 1.82) is 0 Å². The van der Waals surface area contributed by atoms with Gasteiger partial charge in [0.05, 0.1) is 0 Å². The van der Waals surface area contributed by atoms with Gasteiger partial charge in [0.15, 0.2) is 0 Å². The summed E-state index contributed by atoms with van der Waals surface area (Å²) in [7, 11) is 0. The highest BCUT2D eigenvalue weighted by atomic mass is 19.1. The highest BCUT2D eigenvalue weighted by Gasteiger charge is 2.11. The van der Waals surface area contributed by atoms with Crippen LogP contribution in [-0.4, -0.2) is 31.1 Å². The van der Waals surface area contributed by atoms with Crippen molar-refractivity contribution < 1.29 is 4.39 Å². The van der Waals surface area contributed by atoms with Crippen LogP contribution >= 0.6 is 0 Å². The summed E-state index contributed by atoms with van der Waals surface area (Å²) in [4.78, 5) is 2.48. The minimum Gasteiger partial charge on any atom is -0.309 e. The summed E-state index contributed by atoms with van der Waals surface area (Å²) in [5.74, 6) is -0.157. The van der Waals surface area contributed by atoms with Crippen LogP contribution in [0.2, 0.25) is 0 Å². The van der Waals surface area contributed by atoms with Crippen molar-refractivity contribution in [2.75, 3.05) is 26.2 Å². The molecule has 17 heavy (non-hydrogen) atoms. The summed E-state index contributed by atoms with van der Waals surface area (Å²) in [5, 5.41) is 3.44. The Morgan fingerprint density at radius 1 is 1.35 bits per heavy atom. The molecule has 3 heteroatoms. The van der Waals surface area contributed by atoms with E-state index in [0.29, 0.717) is 0 Å². The van der Waals surface area contributed by atoms with Gasteiger partial charge in [0.1, 0.15) is 5.82 Å². The summed E-state index contributed by atoms with van der Waals surface area (Å²) < 4.78 is 13.1. The molecule has 1 heterocycles. The Bertz CT molecular complexity index is 348. The van der Waals surface area contributed by atoms with Crippen molar-refractivity contribution in [2.45, 2.75) is 25.8 Å². The molecule has 1 aromatic carbocycles. The predicted octanol–water partition coefficient (Wildman–Crippen LogP) is 2.57. The molecular weight excluding hydrogens is 215 g/mol. The largest absolute Gasteiger partial charge is 0.309 e. The second-order valence-electron chi connectivity index (χ2n) is 4.78. The van der Waals surface area contributed by atoms with Gasteiger partial charge in [-0.25, -0.2) is 4.39 Å². The van der Waals surface area contributed by atoms with Gasteiger partial charge in [0.25, 0.3) is 0 Å². The van der Waals surface area contributed by atoms with E-state index >= 15 is 0 Å². The molecule has 0 amide bonds. The van der Waals surface area contributed by atoms with E-state index in [-0.39, 0.29) is 11.9 Å². The van der Waals surface area contributed by atoms with Crippen molar-refractivity contribution >= 4 is 0 Å². The normalized spacial score (nSPS) is 18.5. The fraction of sp³-hybridized carbons (Fsp3) is 0.571. The zero-order chi connectivity index (χ0) is 12.1. The molecule has 0 unspecified atom stereocenters. The Labute approximate surface area is 103 Å². The van der Waals surface area contributed by atoms with Crippen LogP contribution in [-0.2, 0) is 0 Å². The maximum atomic E-state index is 13.1. The monoisotopic (exact) mass is 236 g/mol. The summed E-state index contributed by atoms with van der Waals surface area (Å²) in [6.07, 6.45) is 2.67. The number of rotatable bonds is 5. The molecule has 1 fully saturated rings. The molecule has 0 aromatic heterocycles. The van der Waals surface area contributed by atoms with Crippen LogP contribution in [0.4, 0.5) is 4.39 Å². The maximum absolute atomic E-state index is 13.1. The van der Waals surface area contributed by atoms with E-state index in [1.807, 2.05) is 6.07 Å². The second kappa shape index (κ2) is 6.12. The molecule has 1 N–H and O–H groups in total. The lowest BCUT2D eigenvalue weighted by molar-refractivity contribution is 0.329. The minimum atomic E-state index is -0.157. The van der Waals surface area contributed by atoms with Gasteiger partial charge in [0, 0.05) is 19.1 Å². The molecular formula is C14H21FN2. The van der Waals surface area contributed by atoms with E-state index in [1.165, 1.54) is 32.0 Å². The first-order valence-corrected chi connectivity index (χ1v) is 6.47. The van der Waals surface area contributed by atoms with Gasteiger partial charge >= 0.3 is 0 Å². The van der Waals surface area contributed by atoms with Crippen LogP contribution in [0.15, 0.2) is 24.3 Å². The first-order chi connectivity index (χ1) is 8.25. The lowest BCUT2D eigenvalue weighted by atomic mass is 10.1. The van der Waals surface area contributed by atoms with E-state index in [0.717, 1.165) is 18.7 Å². The molecule has 0 radical (unpaired) electrons. The molecule has 0 saturated carbocycles. The Kier molecular flexibility index (Phi) is 4.51. The Hall–Kier alpha value is -0.930. The zero-order valence-corrected chi connectivity index (χ0v) is 10.5. The predicted molar refractivity (Wildman–Crippen MR) is 68.5 cm³/mol. The number of hydrogen-bond acceptors (Lipinski definition) is 2. The first-order valence-electron chi connectivity index (χ1n) is 6.47. The van der Waals surface area contributed by atoms with E-state index in [2.05, 4.69) is 17.1 Å². The lowest BCUT2D eigenvalue weighted by Gasteiger charge is -2.18. The fourth-order valence-electron chi connectivity index (χ4n) is 2.34. The van der Waals surface area contributed by atoms with Gasteiger partial charge in [0.2, 0.25) is 0 Å². The first kappa shape index (κ1) is 12.5. The molecule has 0 spiro atoms. The molecule has 0 aliphatic carbocycles. The number of nitrogens with one attached hydrogen (secondary N) is 1. The smallest absolute Gasteiger partial charge is 0.123 e. The van der Waals surface area contributed by atoms with Crippen LogP contribution in [0.1, 0.15) is 31.4 Å². The number of benzene rings is 1. The number of likely N-dealkylation sites (tertiary alicyclic amines) is 1. The van der Waals surface area contributed by atoms with Gasteiger partial charge in [-0.05, 0) is 50.6 Å². The van der Waals surface area contributed by atoms with Crippen LogP contribution < -0.4 is 5.32 Å². The third-order valence-electron chi connectivity index (χ3n) is 3.43. The standard InChI is InChI=1S/C14H21FN2/c1-12(13-5-4-6-14(15)11-13)16-7-10-17-8-2-3-9-17/h4-6,11-12,16H,2-3,7-10H2,1H3/t12-/m1/s1. The Morgan fingerprint density at radius 3 is 2.82 bits per heavy atom. The van der Waals surface area contributed by atoms with Crippen molar-refractivity contribution in [3.63, 3.8) is 0 Å². The number of nitrogens with zero attached hydrogens (tertiary/aromatic N) is 1. The van der Waals surface area contributed by atoms with Gasteiger partial charge < -0.3 is 10.2 Å². The van der Waals surface area contributed by atoms with Crippen LogP contribution in [0.25, 0.3) is 0 Å². The van der Waals surface area contributed by atoms with Crippen molar-refractivity contribution in [3.8, 4) is 0 Å². The molecule has 1 saturated heterocycles. The van der Waals surface area contributed by atoms with Crippen molar-refractivity contribution in [1.82, 2.24) is 10.2 Å². The van der Waals surface area contributed by atoms with E-state index < -0.39 is 0 Å². The summed E-state index contributed by atoms with van der Waals surface area (Å²) in [5.41, 5.74) is 1.02. The molecule has 94 valence electrons. The lowest BCUT2D eigenvalue weighted by Crippen LogP contribution is -2.31. The highest BCUT2D eigenvalue weighted by molar-refractivity contribution is 5.19. The highest BCUT2D eigenvalue weighted by Crippen LogP contribution is 2.13. The average Bonchev–Trinajstić information content (AvgIpc) is 2.82. The van der Waals surface area contributed by atoms with Gasteiger partial charge in [-0.15, -0.1) is 0 Å². The van der Waals surface area contributed by atoms with Crippen molar-refractivity contribution in [3.05, 3.63) is 35.6 Å². The van der Waals surface area contributed by atoms with E-state index in [4.69, 9.17) is 0 Å². The zero-order valence-electron chi connectivity index (χ0n) is 10.5.